The van der Waals surface area contributed by atoms with Crippen molar-refractivity contribution in [2.45, 2.75) is 407 Å². The van der Waals surface area contributed by atoms with Crippen LogP contribution in [0.2, 0.25) is 0 Å². The van der Waals surface area contributed by atoms with Gasteiger partial charge in [0.05, 0.1) is 13.2 Å². The molecule has 0 amide bonds. The number of aliphatic hydroxyl groups is 10. The number of carbonyl (C=O) groups excluding carboxylic acids is 3. The topological polar surface area (TPSA) is 374 Å². The molecule has 24 nitrogen and oxygen atoms in total. The van der Waals surface area contributed by atoms with Gasteiger partial charge in [0.15, 0.2) is 18.7 Å². The molecule has 1 aliphatic carbocycles. The molecule has 2 heterocycles. The molecule has 0 aromatic rings. The fourth-order valence-corrected chi connectivity index (χ4v) is 13.7. The number of aliphatic hydroxyl groups excluding tert-OH is 10. The van der Waals surface area contributed by atoms with E-state index in [0.717, 1.165) is 89.9 Å². The van der Waals surface area contributed by atoms with Crippen LogP contribution >= 0.6 is 7.82 Å². The van der Waals surface area contributed by atoms with Crippen LogP contribution in [0.25, 0.3) is 0 Å². The summed E-state index contributed by atoms with van der Waals surface area (Å²) in [5, 5.41) is 110. The zero-order chi connectivity index (χ0) is 71.8. The van der Waals surface area contributed by atoms with Crippen LogP contribution in [0.1, 0.15) is 303 Å². The van der Waals surface area contributed by atoms with Gasteiger partial charge in [-0.3, -0.25) is 23.4 Å². The van der Waals surface area contributed by atoms with Crippen molar-refractivity contribution in [1.29, 1.82) is 0 Å². The number of phosphoric acid groups is 1. The second-order valence-corrected chi connectivity index (χ2v) is 29.1. The summed E-state index contributed by atoms with van der Waals surface area (Å²) < 4.78 is 65.0. The van der Waals surface area contributed by atoms with Crippen LogP contribution in [0.3, 0.4) is 0 Å². The highest BCUT2D eigenvalue weighted by Gasteiger charge is 2.58. The van der Waals surface area contributed by atoms with E-state index in [1.165, 1.54) is 154 Å². The van der Waals surface area contributed by atoms with Crippen LogP contribution in [0.15, 0.2) is 12.2 Å². The van der Waals surface area contributed by atoms with Crippen LogP contribution in [-0.2, 0) is 61.2 Å². The van der Waals surface area contributed by atoms with Gasteiger partial charge in [0, 0.05) is 19.3 Å². The molecular weight excluding hydrogens is 1290 g/mol. The SMILES string of the molecule is CCCCCCCCC/C=C\CCCCCC(=O)OCC1OC(OC2C(O)C(O)C(O)C(OC3OC(CO)C(O)C(O)C3O)C2OP(=O)(O)OCC(COC(=O)CCCCCCCCCCCCCCCCCCC)OC(=O)CCCCCCCCCCCCCC)C(O)C(O)C1O. The average molecular weight is 1430 g/mol. The fourth-order valence-electron chi connectivity index (χ4n) is 12.8. The van der Waals surface area contributed by atoms with Gasteiger partial charge in [-0.15, -0.1) is 0 Å². The zero-order valence-corrected chi connectivity index (χ0v) is 61.0. The van der Waals surface area contributed by atoms with Gasteiger partial charge in [-0.25, -0.2) is 4.57 Å². The van der Waals surface area contributed by atoms with Crippen LogP contribution < -0.4 is 0 Å². The Hall–Kier alpha value is -2.30. The standard InChI is InChI=1S/C73H135O24P/c1-4-7-10-13-16-19-22-25-27-28-29-31-34-35-38-41-44-47-57(75)89-51-54(92-59(77)49-46-43-40-37-32-24-21-18-15-12-9-6-3)52-91-98(87,88)97-71-69(95-72-67(85)62(80)60(78)55(50-74)93-72)65(83)64(82)66(84)70(71)96-73-68(86)63(81)61(79)56(94-73)53-90-58(76)48-45-42-39-36-33-30-26-23-20-17-14-11-8-5-2/h30,33,54-56,60-74,78-86H,4-29,31-32,34-53H2,1-3H3,(H,87,88)/b33-30-. The van der Waals surface area contributed by atoms with E-state index in [1.807, 2.05) is 0 Å². The summed E-state index contributed by atoms with van der Waals surface area (Å²) in [6.07, 6.45) is 14.2. The molecule has 98 heavy (non-hydrogen) atoms. The molecule has 0 aromatic heterocycles. The van der Waals surface area contributed by atoms with Crippen LogP contribution in [-0.4, -0.2) is 204 Å². The third-order valence-corrected chi connectivity index (χ3v) is 20.0. The molecule has 3 aliphatic rings. The Labute approximate surface area is 586 Å². The second-order valence-electron chi connectivity index (χ2n) is 27.7. The zero-order valence-electron chi connectivity index (χ0n) is 60.1. The first-order valence-electron chi connectivity index (χ1n) is 38.5. The fraction of sp³-hybridized carbons (Fsp3) is 0.932. The molecule has 2 aliphatic heterocycles. The minimum Gasteiger partial charge on any atom is -0.463 e. The lowest BCUT2D eigenvalue weighted by Crippen LogP contribution is -2.69. The van der Waals surface area contributed by atoms with E-state index in [0.29, 0.717) is 19.3 Å². The molecule has 18 unspecified atom stereocenters. The van der Waals surface area contributed by atoms with Gasteiger partial charge in [-0.2, -0.15) is 0 Å². The lowest BCUT2D eigenvalue weighted by Gasteiger charge is -2.49. The lowest BCUT2D eigenvalue weighted by molar-refractivity contribution is -0.360. The molecule has 0 aromatic carbocycles. The Morgan fingerprint density at radius 1 is 0.388 bits per heavy atom. The molecule has 11 N–H and O–H groups in total. The number of phosphoric ester groups is 1. The minimum absolute atomic E-state index is 0.00965. The van der Waals surface area contributed by atoms with Gasteiger partial charge in [-0.1, -0.05) is 251 Å². The summed E-state index contributed by atoms with van der Waals surface area (Å²) in [4.78, 5) is 51.0. The molecular formula is C73H135O24P. The van der Waals surface area contributed by atoms with E-state index in [2.05, 4.69) is 32.9 Å². The van der Waals surface area contributed by atoms with E-state index in [1.54, 1.807) is 0 Å². The summed E-state index contributed by atoms with van der Waals surface area (Å²) in [6, 6.07) is 0. The first kappa shape index (κ1) is 89.9. The lowest BCUT2D eigenvalue weighted by atomic mass is 9.84. The third-order valence-electron chi connectivity index (χ3n) is 19.0. The van der Waals surface area contributed by atoms with E-state index in [4.69, 9.17) is 42.2 Å². The number of rotatable bonds is 60. The molecule has 0 spiro atoms. The number of allylic oxidation sites excluding steroid dienone is 2. The quantitative estimate of drug-likeness (QED) is 0.00886. The maximum absolute atomic E-state index is 14.3. The maximum atomic E-state index is 14.3. The van der Waals surface area contributed by atoms with Crippen molar-refractivity contribution in [3.05, 3.63) is 12.2 Å². The second kappa shape index (κ2) is 55.2. The molecule has 576 valence electrons. The Bertz CT molecular complexity index is 2080. The van der Waals surface area contributed by atoms with Crippen molar-refractivity contribution in [2.24, 2.45) is 0 Å². The molecule has 3 rings (SSSR count). The van der Waals surface area contributed by atoms with Crippen molar-refractivity contribution in [2.75, 3.05) is 26.4 Å². The minimum atomic E-state index is -5.69. The normalized spacial score (nSPS) is 27.7. The summed E-state index contributed by atoms with van der Waals surface area (Å²) in [5.41, 5.74) is 0. The predicted octanol–water partition coefficient (Wildman–Crippen LogP) is 10.7. The number of hydrogen-bond donors (Lipinski definition) is 11. The number of carbonyl (C=O) groups is 3. The van der Waals surface area contributed by atoms with Gasteiger partial charge in [0.25, 0.3) is 0 Å². The highest BCUT2D eigenvalue weighted by Crippen LogP contribution is 2.49. The third kappa shape index (κ3) is 37.9. The number of ether oxygens (including phenoxy) is 7. The van der Waals surface area contributed by atoms with Crippen molar-refractivity contribution in [3.8, 4) is 0 Å². The van der Waals surface area contributed by atoms with E-state index in [9.17, 15) is 74.9 Å². The van der Waals surface area contributed by atoms with Gasteiger partial charge < -0.3 is 89.1 Å². The Kier molecular flexibility index (Phi) is 50.7. The average Bonchev–Trinajstić information content (AvgIpc) is 0.762. The van der Waals surface area contributed by atoms with Crippen molar-refractivity contribution in [1.82, 2.24) is 0 Å². The molecule has 2 saturated heterocycles. The summed E-state index contributed by atoms with van der Waals surface area (Å²) in [7, 11) is -5.69. The van der Waals surface area contributed by atoms with Gasteiger partial charge in [0.2, 0.25) is 0 Å². The number of hydrogen-bond acceptors (Lipinski definition) is 23. The first-order chi connectivity index (χ1) is 47.3. The molecule has 0 bridgehead atoms. The smallest absolute Gasteiger partial charge is 0.463 e. The maximum Gasteiger partial charge on any atom is 0.472 e. The molecule has 18 atom stereocenters. The van der Waals surface area contributed by atoms with Gasteiger partial charge in [-0.05, 0) is 44.9 Å². The highest BCUT2D eigenvalue weighted by atomic mass is 31.2. The largest absolute Gasteiger partial charge is 0.472 e. The van der Waals surface area contributed by atoms with E-state index >= 15 is 0 Å². The summed E-state index contributed by atoms with van der Waals surface area (Å²) in [5.74, 6) is -1.99. The first-order valence-corrected chi connectivity index (χ1v) is 40.0. The Morgan fingerprint density at radius 2 is 0.714 bits per heavy atom. The Morgan fingerprint density at radius 3 is 1.11 bits per heavy atom. The number of esters is 3. The van der Waals surface area contributed by atoms with Crippen molar-refractivity contribution < 1.29 is 117 Å². The summed E-state index contributed by atoms with van der Waals surface area (Å²) >= 11 is 0. The molecule has 3 fully saturated rings. The van der Waals surface area contributed by atoms with Crippen LogP contribution in [0.5, 0.6) is 0 Å². The van der Waals surface area contributed by atoms with E-state index < -0.39 is 156 Å². The molecule has 1 saturated carbocycles. The summed E-state index contributed by atoms with van der Waals surface area (Å²) in [6.45, 7) is 3.45. The van der Waals surface area contributed by atoms with E-state index in [-0.39, 0.29) is 19.3 Å². The molecule has 25 heteroatoms. The van der Waals surface area contributed by atoms with Crippen LogP contribution in [0, 0.1) is 0 Å². The predicted molar refractivity (Wildman–Crippen MR) is 370 cm³/mol. The van der Waals surface area contributed by atoms with Crippen molar-refractivity contribution in [3.63, 3.8) is 0 Å². The van der Waals surface area contributed by atoms with Crippen LogP contribution in [0.4, 0.5) is 0 Å². The monoisotopic (exact) mass is 1430 g/mol. The molecule has 0 radical (unpaired) electrons. The van der Waals surface area contributed by atoms with Crippen molar-refractivity contribution >= 4 is 25.7 Å². The highest BCUT2D eigenvalue weighted by molar-refractivity contribution is 7.47. The van der Waals surface area contributed by atoms with Gasteiger partial charge in [0.1, 0.15) is 98.7 Å². The number of unbranched alkanes of at least 4 members (excludes halogenated alkanes) is 37. The van der Waals surface area contributed by atoms with Gasteiger partial charge >= 0.3 is 25.7 Å². The Balaban J connectivity index is 1.72.